The molecule has 0 atom stereocenters. The summed E-state index contributed by atoms with van der Waals surface area (Å²) in [7, 11) is 4.88. The van der Waals surface area contributed by atoms with E-state index in [0.29, 0.717) is 64.5 Å². The largest absolute Gasteiger partial charge is 0.496 e. The van der Waals surface area contributed by atoms with Gasteiger partial charge >= 0.3 is 0 Å². The summed E-state index contributed by atoms with van der Waals surface area (Å²) >= 11 is 7.14. The second-order valence-corrected chi connectivity index (χ2v) is 13.9. The molecule has 2 aliphatic rings. The van der Waals surface area contributed by atoms with Crippen LogP contribution < -0.4 is 24.8 Å². The van der Waals surface area contributed by atoms with E-state index in [1.165, 1.54) is 6.33 Å². The molecule has 6 rings (SSSR count). The van der Waals surface area contributed by atoms with Crippen LogP contribution in [0, 0.1) is 0 Å². The van der Waals surface area contributed by atoms with Crippen LogP contribution in [-0.4, -0.2) is 96.2 Å². The molecule has 0 unspecified atom stereocenters. The van der Waals surface area contributed by atoms with Crippen LogP contribution in [0.4, 0.5) is 0 Å². The van der Waals surface area contributed by atoms with E-state index in [9.17, 15) is 9.59 Å². The fraction of sp³-hybridized carbons (Fsp3) is 0.425. The number of methoxy groups -OCH3 is 3. The van der Waals surface area contributed by atoms with Gasteiger partial charge in [0, 0.05) is 93.0 Å². The average molecular weight is 742 g/mol. The van der Waals surface area contributed by atoms with Gasteiger partial charge in [-0.1, -0.05) is 48.0 Å². The van der Waals surface area contributed by atoms with Crippen molar-refractivity contribution in [3.63, 3.8) is 0 Å². The van der Waals surface area contributed by atoms with Gasteiger partial charge in [0.05, 0.1) is 32.0 Å². The van der Waals surface area contributed by atoms with E-state index in [4.69, 9.17) is 30.8 Å². The second-order valence-electron chi connectivity index (χ2n) is 13.5. The molecule has 0 spiro atoms. The van der Waals surface area contributed by atoms with Crippen LogP contribution in [0.5, 0.6) is 17.4 Å². The van der Waals surface area contributed by atoms with E-state index in [2.05, 4.69) is 20.6 Å². The number of hydrogen-bond acceptors (Lipinski definition) is 10. The van der Waals surface area contributed by atoms with Crippen molar-refractivity contribution in [2.75, 3.05) is 47.5 Å². The number of nitrogens with zero attached hydrogens (tertiary/aromatic N) is 5. The molecular weight excluding hydrogens is 694 g/mol. The number of likely N-dealkylation sites (tertiary alicyclic amines) is 2. The zero-order valence-corrected chi connectivity index (χ0v) is 31.8. The quantitative estimate of drug-likeness (QED) is 0.185. The van der Waals surface area contributed by atoms with E-state index in [-0.39, 0.29) is 11.8 Å². The van der Waals surface area contributed by atoms with Crippen molar-refractivity contribution >= 4 is 23.4 Å². The third-order valence-corrected chi connectivity index (χ3v) is 10.7. The van der Waals surface area contributed by atoms with Gasteiger partial charge < -0.3 is 34.6 Å². The third-order valence-electron chi connectivity index (χ3n) is 10.3. The zero-order valence-electron chi connectivity index (χ0n) is 31.1. The Morgan fingerprint density at radius 3 is 1.92 bits per heavy atom. The molecule has 4 aromatic rings. The molecule has 0 saturated carbocycles. The number of hydrogen-bond donors (Lipinski definition) is 2. The Hall–Kier alpha value is -4.78. The first-order valence-electron chi connectivity index (χ1n) is 18.1. The molecule has 4 heterocycles. The number of carbonyl (C=O) groups excluding carboxylic acids is 2. The van der Waals surface area contributed by atoms with Gasteiger partial charge in [-0.25, -0.2) is 15.0 Å². The fourth-order valence-electron chi connectivity index (χ4n) is 7.15. The van der Waals surface area contributed by atoms with Crippen LogP contribution in [0.2, 0.25) is 5.02 Å². The lowest BCUT2D eigenvalue weighted by Crippen LogP contribution is -2.44. The zero-order chi connectivity index (χ0) is 37.5. The van der Waals surface area contributed by atoms with Gasteiger partial charge in [-0.2, -0.15) is 0 Å². The summed E-state index contributed by atoms with van der Waals surface area (Å²) in [6, 6.07) is 16.4. The number of halogens is 1. The van der Waals surface area contributed by atoms with Crippen molar-refractivity contribution in [1.29, 1.82) is 0 Å². The highest BCUT2D eigenvalue weighted by atomic mass is 35.5. The molecule has 0 radical (unpaired) electrons. The van der Waals surface area contributed by atoms with Crippen LogP contribution in [0.3, 0.4) is 0 Å². The van der Waals surface area contributed by atoms with Crippen molar-refractivity contribution in [3.05, 3.63) is 71.0 Å². The molecule has 13 heteroatoms. The monoisotopic (exact) mass is 741 g/mol. The van der Waals surface area contributed by atoms with Crippen LogP contribution in [0.25, 0.3) is 33.8 Å². The van der Waals surface area contributed by atoms with Gasteiger partial charge in [0.1, 0.15) is 23.5 Å². The maximum Gasteiger partial charge on any atom is 0.219 e. The Kier molecular flexibility index (Phi) is 12.4. The second kappa shape index (κ2) is 17.4. The van der Waals surface area contributed by atoms with E-state index >= 15 is 0 Å². The number of ether oxygens (including phenoxy) is 3. The highest BCUT2D eigenvalue weighted by Gasteiger charge is 2.24. The number of rotatable bonds is 12. The van der Waals surface area contributed by atoms with Gasteiger partial charge in [-0.3, -0.25) is 9.59 Å². The summed E-state index contributed by atoms with van der Waals surface area (Å²) in [5.74, 6) is 1.99. The Morgan fingerprint density at radius 1 is 0.755 bits per heavy atom. The lowest BCUT2D eigenvalue weighted by molar-refractivity contribution is -0.130. The number of aromatic nitrogens is 3. The van der Waals surface area contributed by atoms with Crippen molar-refractivity contribution in [2.45, 2.75) is 64.7 Å². The first kappa shape index (κ1) is 38.0. The molecule has 2 N–H and O–H groups in total. The standard InChI is InChI=1S/C40H48ClN7O5/c1-25(49)47-17-13-30(14-18-47)42-22-28-10-9-27(21-35(28)51-3)37-39(52-4)38(45-24-44-37)33-8-6-7-32(36(33)41)34-12-11-29(40(46-34)53-5)23-43-31-15-19-48(20-16-31)26(2)50/h6-12,21,24,30-31,42-43H,13-20,22-23H2,1-5H3. The number of benzene rings is 2. The Morgan fingerprint density at radius 2 is 1.34 bits per heavy atom. The highest BCUT2D eigenvalue weighted by molar-refractivity contribution is 6.36. The number of piperidine rings is 2. The molecule has 2 aromatic carbocycles. The average Bonchev–Trinajstić information content (AvgIpc) is 3.19. The van der Waals surface area contributed by atoms with Crippen molar-refractivity contribution < 1.29 is 23.8 Å². The molecule has 2 fully saturated rings. The Bertz CT molecular complexity index is 1930. The first-order chi connectivity index (χ1) is 25.7. The Balaban J connectivity index is 1.20. The van der Waals surface area contributed by atoms with Crippen molar-refractivity contribution in [2.24, 2.45) is 0 Å². The van der Waals surface area contributed by atoms with Crippen molar-refractivity contribution in [1.82, 2.24) is 35.4 Å². The molecule has 53 heavy (non-hydrogen) atoms. The lowest BCUT2D eigenvalue weighted by atomic mass is 10.0. The summed E-state index contributed by atoms with van der Waals surface area (Å²) in [5, 5.41) is 7.71. The number of nitrogens with one attached hydrogen (secondary N) is 2. The van der Waals surface area contributed by atoms with Gasteiger partial charge in [0.2, 0.25) is 17.7 Å². The molecule has 2 amide bonds. The number of pyridine rings is 1. The van der Waals surface area contributed by atoms with E-state index < -0.39 is 0 Å². The lowest BCUT2D eigenvalue weighted by Gasteiger charge is -2.32. The topological polar surface area (TPSA) is 131 Å². The minimum absolute atomic E-state index is 0.126. The molecule has 0 aliphatic carbocycles. The smallest absolute Gasteiger partial charge is 0.219 e. The maximum atomic E-state index is 11.7. The molecule has 0 bridgehead atoms. The minimum Gasteiger partial charge on any atom is -0.496 e. The van der Waals surface area contributed by atoms with Crippen LogP contribution >= 0.6 is 11.6 Å². The maximum absolute atomic E-state index is 11.7. The summed E-state index contributed by atoms with van der Waals surface area (Å²) in [5.41, 5.74) is 6.00. The van der Waals surface area contributed by atoms with E-state index in [1.54, 1.807) is 35.2 Å². The van der Waals surface area contributed by atoms with Crippen molar-refractivity contribution in [3.8, 4) is 51.2 Å². The van der Waals surface area contributed by atoms with Crippen LogP contribution in [-0.2, 0) is 22.7 Å². The SMILES string of the molecule is COc1cc(-c2ncnc(-c3cccc(-c4ccc(CNC5CCN(C(C)=O)CC5)c(OC)n4)c3Cl)c2OC)ccc1CNC1CCN(C(C)=O)CC1. The van der Waals surface area contributed by atoms with Gasteiger partial charge in [0.15, 0.2) is 5.75 Å². The first-order valence-corrected chi connectivity index (χ1v) is 18.5. The van der Waals surface area contributed by atoms with Gasteiger partial charge in [-0.15, -0.1) is 0 Å². The van der Waals surface area contributed by atoms with E-state index in [0.717, 1.165) is 79.9 Å². The van der Waals surface area contributed by atoms with E-state index in [1.807, 2.05) is 58.3 Å². The van der Waals surface area contributed by atoms with Crippen LogP contribution in [0.1, 0.15) is 50.7 Å². The van der Waals surface area contributed by atoms with Gasteiger partial charge in [-0.05, 0) is 37.8 Å². The molecular formula is C40H48ClN7O5. The Labute approximate surface area is 316 Å². The van der Waals surface area contributed by atoms with Gasteiger partial charge in [0.25, 0.3) is 0 Å². The molecule has 2 aromatic heterocycles. The number of carbonyl (C=O) groups is 2. The minimum atomic E-state index is 0.126. The third kappa shape index (κ3) is 8.72. The van der Waals surface area contributed by atoms with Crippen LogP contribution in [0.15, 0.2) is 54.9 Å². The summed E-state index contributed by atoms with van der Waals surface area (Å²) in [6.07, 6.45) is 5.16. The molecule has 2 saturated heterocycles. The summed E-state index contributed by atoms with van der Waals surface area (Å²) in [4.78, 5) is 41.3. The predicted octanol–water partition coefficient (Wildman–Crippen LogP) is 5.75. The summed E-state index contributed by atoms with van der Waals surface area (Å²) < 4.78 is 17.5. The molecule has 2 aliphatic heterocycles. The fourth-order valence-corrected chi connectivity index (χ4v) is 7.46. The summed E-state index contributed by atoms with van der Waals surface area (Å²) in [6.45, 7) is 7.55. The molecule has 280 valence electrons. The predicted molar refractivity (Wildman–Crippen MR) is 205 cm³/mol. The highest BCUT2D eigenvalue weighted by Crippen LogP contribution is 2.42. The normalized spacial score (nSPS) is 15.4. The molecule has 12 nitrogen and oxygen atoms in total. The number of amides is 2.